The van der Waals surface area contributed by atoms with Crippen LogP contribution in [0.5, 0.6) is 0 Å². The molecule has 2 amide bonds. The van der Waals surface area contributed by atoms with Crippen LogP contribution in [0.2, 0.25) is 0 Å². The molecule has 3 N–H and O–H groups in total. The number of carbonyl (C=O) groups is 2. The molecular weight excluding hydrogens is 230 g/mol. The van der Waals surface area contributed by atoms with Gasteiger partial charge in [-0.1, -0.05) is 6.92 Å². The summed E-state index contributed by atoms with van der Waals surface area (Å²) >= 11 is 0. The van der Waals surface area contributed by atoms with E-state index in [0.717, 1.165) is 5.56 Å². The maximum atomic E-state index is 11.6. The molecule has 5 nitrogen and oxygen atoms in total. The van der Waals surface area contributed by atoms with E-state index in [-0.39, 0.29) is 17.7 Å². The lowest BCUT2D eigenvalue weighted by Gasteiger charge is -2.09. The number of nitrogens with two attached hydrogens (primary N) is 1. The summed E-state index contributed by atoms with van der Waals surface area (Å²) in [4.78, 5) is 26.1. The van der Waals surface area contributed by atoms with Gasteiger partial charge in [0, 0.05) is 25.4 Å². The largest absolute Gasteiger partial charge is 0.370 e. The molecule has 0 aliphatic rings. The van der Waals surface area contributed by atoms with E-state index in [0.29, 0.717) is 19.4 Å². The second-order valence-corrected chi connectivity index (χ2v) is 4.22. The van der Waals surface area contributed by atoms with Gasteiger partial charge >= 0.3 is 0 Å². The first-order valence-electron chi connectivity index (χ1n) is 5.85. The Morgan fingerprint density at radius 3 is 2.72 bits per heavy atom. The summed E-state index contributed by atoms with van der Waals surface area (Å²) < 4.78 is 0. The maximum Gasteiger partial charge on any atom is 0.224 e. The first-order chi connectivity index (χ1) is 8.58. The molecule has 0 saturated heterocycles. The van der Waals surface area contributed by atoms with Gasteiger partial charge < -0.3 is 11.1 Å². The van der Waals surface area contributed by atoms with E-state index in [1.807, 2.05) is 13.3 Å². The van der Waals surface area contributed by atoms with Crippen LogP contribution < -0.4 is 11.1 Å². The smallest absolute Gasteiger partial charge is 0.224 e. The average molecular weight is 248 g/mol. The fourth-order valence-electron chi connectivity index (χ4n) is 1.52. The molecule has 0 fully saturated rings. The van der Waals surface area contributed by atoms with Crippen molar-refractivity contribution in [3.05, 3.63) is 36.5 Å². The molecule has 0 aromatic carbocycles. The molecule has 1 atom stereocenters. The van der Waals surface area contributed by atoms with E-state index >= 15 is 0 Å². The van der Waals surface area contributed by atoms with E-state index in [4.69, 9.17) is 5.73 Å². The monoisotopic (exact) mass is 248 g/mol. The summed E-state index contributed by atoms with van der Waals surface area (Å²) in [6.07, 6.45) is 5.82. The zero-order valence-electron chi connectivity index (χ0n) is 10.4. The van der Waals surface area contributed by atoms with Crippen LogP contribution in [0.25, 0.3) is 0 Å². The number of hydrogen-bond acceptors (Lipinski definition) is 3. The minimum atomic E-state index is -0.332. The number of rotatable bonds is 7. The van der Waals surface area contributed by atoms with Crippen LogP contribution in [0.4, 0.5) is 0 Å². The summed E-state index contributed by atoms with van der Waals surface area (Å²) in [6.45, 7) is 2.33. The zero-order chi connectivity index (χ0) is 13.4. The fraction of sp³-hybridized carbons (Fsp3) is 0.385. The Morgan fingerprint density at radius 2 is 2.11 bits per heavy atom. The van der Waals surface area contributed by atoms with Gasteiger partial charge in [-0.2, -0.15) is 0 Å². The Morgan fingerprint density at radius 1 is 1.44 bits per heavy atom. The number of aromatic nitrogens is 1. The molecule has 1 rings (SSSR count). The molecule has 1 radical (unpaired) electrons. The van der Waals surface area contributed by atoms with Crippen molar-refractivity contribution in [1.29, 1.82) is 0 Å². The molecule has 0 aliphatic carbocycles. The zero-order valence-corrected chi connectivity index (χ0v) is 10.4. The van der Waals surface area contributed by atoms with Crippen LogP contribution >= 0.6 is 0 Å². The summed E-state index contributed by atoms with van der Waals surface area (Å²) in [5.74, 6) is -0.311. The number of primary amides is 1. The van der Waals surface area contributed by atoms with Gasteiger partial charge in [0.1, 0.15) is 0 Å². The van der Waals surface area contributed by atoms with Gasteiger partial charge in [0.15, 0.2) is 0 Å². The van der Waals surface area contributed by atoms with E-state index in [1.54, 1.807) is 24.5 Å². The fourth-order valence-corrected chi connectivity index (χ4v) is 1.52. The highest BCUT2D eigenvalue weighted by Crippen LogP contribution is 2.04. The second kappa shape index (κ2) is 7.42. The highest BCUT2D eigenvalue weighted by Gasteiger charge is 2.07. The van der Waals surface area contributed by atoms with E-state index in [2.05, 4.69) is 10.3 Å². The predicted octanol–water partition coefficient (Wildman–Crippen LogP) is 0.456. The molecule has 1 heterocycles. The summed E-state index contributed by atoms with van der Waals surface area (Å²) in [5.41, 5.74) is 6.00. The highest BCUT2D eigenvalue weighted by atomic mass is 16.1. The van der Waals surface area contributed by atoms with Crippen LogP contribution in [0, 0.1) is 12.3 Å². The highest BCUT2D eigenvalue weighted by molar-refractivity contribution is 5.78. The van der Waals surface area contributed by atoms with Crippen molar-refractivity contribution in [2.24, 2.45) is 11.7 Å². The molecule has 0 spiro atoms. The number of carbonyl (C=O) groups excluding carboxylic acids is 2. The van der Waals surface area contributed by atoms with Gasteiger partial charge in [-0.05, 0) is 30.0 Å². The molecule has 18 heavy (non-hydrogen) atoms. The Hall–Kier alpha value is -1.91. The Balaban J connectivity index is 2.20. The summed E-state index contributed by atoms with van der Waals surface area (Å²) in [6, 6.07) is 3.61. The molecule has 1 aromatic heterocycles. The molecule has 1 aromatic rings. The molecule has 0 aliphatic heterocycles. The Kier molecular flexibility index (Phi) is 5.84. The van der Waals surface area contributed by atoms with Gasteiger partial charge in [0.25, 0.3) is 0 Å². The van der Waals surface area contributed by atoms with Crippen molar-refractivity contribution >= 4 is 11.8 Å². The number of amides is 2. The number of nitrogens with zero attached hydrogens (tertiary/aromatic N) is 1. The van der Waals surface area contributed by atoms with Crippen molar-refractivity contribution in [2.45, 2.75) is 19.8 Å². The van der Waals surface area contributed by atoms with E-state index in [1.165, 1.54) is 0 Å². The van der Waals surface area contributed by atoms with Crippen LogP contribution in [-0.2, 0) is 16.0 Å². The lowest BCUT2D eigenvalue weighted by atomic mass is 10.0. The molecular formula is C13H18N3O2. The van der Waals surface area contributed by atoms with E-state index in [9.17, 15) is 9.59 Å². The first-order valence-corrected chi connectivity index (χ1v) is 5.85. The minimum Gasteiger partial charge on any atom is -0.370 e. The van der Waals surface area contributed by atoms with E-state index < -0.39 is 0 Å². The first kappa shape index (κ1) is 14.2. The van der Waals surface area contributed by atoms with Gasteiger partial charge in [-0.3, -0.25) is 14.6 Å². The third-order valence-electron chi connectivity index (χ3n) is 2.46. The molecule has 0 unspecified atom stereocenters. The van der Waals surface area contributed by atoms with Gasteiger partial charge in [-0.15, -0.1) is 0 Å². The summed E-state index contributed by atoms with van der Waals surface area (Å²) in [5, 5.41) is 2.77. The number of nitrogens with one attached hydrogen (secondary N) is 1. The van der Waals surface area contributed by atoms with Crippen molar-refractivity contribution < 1.29 is 9.59 Å². The summed E-state index contributed by atoms with van der Waals surface area (Å²) in [7, 11) is 0. The molecule has 0 bridgehead atoms. The number of pyridine rings is 1. The lowest BCUT2D eigenvalue weighted by molar-refractivity contribution is -0.120. The van der Waals surface area contributed by atoms with Crippen LogP contribution in [0.15, 0.2) is 24.5 Å². The van der Waals surface area contributed by atoms with Gasteiger partial charge in [0.2, 0.25) is 11.8 Å². The Labute approximate surface area is 107 Å². The molecule has 0 saturated carbocycles. The quantitative estimate of drug-likeness (QED) is 0.735. The minimum absolute atomic E-state index is 0.0521. The molecule has 97 valence electrons. The number of hydrogen-bond donors (Lipinski definition) is 2. The van der Waals surface area contributed by atoms with Crippen LogP contribution in [0.1, 0.15) is 18.9 Å². The second-order valence-electron chi connectivity index (χ2n) is 4.22. The van der Waals surface area contributed by atoms with Crippen LogP contribution in [0.3, 0.4) is 0 Å². The predicted molar refractivity (Wildman–Crippen MR) is 68.2 cm³/mol. The van der Waals surface area contributed by atoms with Gasteiger partial charge in [-0.25, -0.2) is 0 Å². The van der Waals surface area contributed by atoms with Gasteiger partial charge in [0.05, 0.1) is 6.42 Å². The normalized spacial score (nSPS) is 11.8. The van der Waals surface area contributed by atoms with Crippen LogP contribution in [-0.4, -0.2) is 23.3 Å². The average Bonchev–Trinajstić information content (AvgIpc) is 2.29. The third-order valence-corrected chi connectivity index (χ3v) is 2.46. The van der Waals surface area contributed by atoms with Crippen molar-refractivity contribution in [2.75, 3.05) is 6.54 Å². The van der Waals surface area contributed by atoms with Crippen molar-refractivity contribution in [3.8, 4) is 0 Å². The standard InChI is InChI=1S/C13H18N3O2/c1-10(8-12(14)17)2-7-16-13(18)9-11-3-5-15-6-4-11/h2-6,10H,7-9H2,1H3,(H2,14,17)(H,16,18)/t10-/m0/s1. The maximum absolute atomic E-state index is 11.6. The van der Waals surface area contributed by atoms with Crippen molar-refractivity contribution in [3.63, 3.8) is 0 Å². The third kappa shape index (κ3) is 5.98. The Bertz CT molecular complexity index is 392. The lowest BCUT2D eigenvalue weighted by Crippen LogP contribution is -2.28. The van der Waals surface area contributed by atoms with Crippen molar-refractivity contribution in [1.82, 2.24) is 10.3 Å². The molecule has 5 heteroatoms. The topological polar surface area (TPSA) is 85.1 Å². The SMILES string of the molecule is C[C@@H]([CH]CNC(=O)Cc1ccncc1)CC(N)=O.